The van der Waals surface area contributed by atoms with Gasteiger partial charge in [0.05, 0.1) is 62.1 Å². The maximum Gasteiger partial charge on any atom is 0.307 e. The number of carbonyl (C=O) groups excluding carboxylic acids is 3. The highest BCUT2D eigenvalue weighted by Gasteiger charge is 2.61. The van der Waals surface area contributed by atoms with Gasteiger partial charge in [-0.2, -0.15) is 0 Å². The van der Waals surface area contributed by atoms with Crippen LogP contribution in [0.2, 0.25) is 0 Å². The van der Waals surface area contributed by atoms with Crippen molar-refractivity contribution in [3.8, 4) is 0 Å². The molecule has 6 fully saturated rings. The molecule has 3 heterocycles. The second-order valence-corrected chi connectivity index (χ2v) is 14.8. The zero-order chi connectivity index (χ0) is 31.8. The molecule has 4 aliphatic carbocycles. The predicted molar refractivity (Wildman–Crippen MR) is 168 cm³/mol. The Bertz CT molecular complexity index is 1160. The van der Waals surface area contributed by atoms with Crippen LogP contribution in [0.25, 0.3) is 0 Å². The summed E-state index contributed by atoms with van der Waals surface area (Å²) in [5, 5.41) is 6.30. The van der Waals surface area contributed by atoms with E-state index in [4.69, 9.17) is 14.2 Å². The number of Topliss-reactive ketones (excluding diaryl/α,β-unsaturated/α-hetero) is 1. The lowest BCUT2D eigenvalue weighted by atomic mass is 9.66. The van der Waals surface area contributed by atoms with Crippen LogP contribution in [0.1, 0.15) is 71.1 Å². The number of esters is 1. The van der Waals surface area contributed by atoms with E-state index in [0.29, 0.717) is 18.4 Å². The SMILES string of the molecule is CCOC(=O)CCNC(=O)C1=CN2C3CC4C(CC5CCCCC54)CC3OC3C(NCCCN4CCOCC4)C(F)CC(C1=O)C32. The summed E-state index contributed by atoms with van der Waals surface area (Å²) in [6.07, 6.45) is 9.56. The number of nitrogens with zero attached hydrogens (tertiary/aromatic N) is 2. The van der Waals surface area contributed by atoms with Crippen LogP contribution in [0.15, 0.2) is 11.8 Å². The molecule has 4 saturated carbocycles. The number of alkyl halides is 1. The van der Waals surface area contributed by atoms with E-state index in [1.165, 1.54) is 32.1 Å². The molecule has 11 unspecified atom stereocenters. The van der Waals surface area contributed by atoms with E-state index in [2.05, 4.69) is 20.4 Å². The third-order valence-corrected chi connectivity index (χ3v) is 12.4. The van der Waals surface area contributed by atoms with Gasteiger partial charge in [-0.25, -0.2) is 4.39 Å². The van der Waals surface area contributed by atoms with Crippen molar-refractivity contribution in [1.82, 2.24) is 20.4 Å². The Morgan fingerprint density at radius 2 is 1.87 bits per heavy atom. The first kappa shape index (κ1) is 32.5. The highest BCUT2D eigenvalue weighted by Crippen LogP contribution is 2.57. The van der Waals surface area contributed by atoms with Gasteiger partial charge in [0.2, 0.25) is 0 Å². The normalized spacial score (nSPS) is 40.2. The van der Waals surface area contributed by atoms with Gasteiger partial charge < -0.3 is 29.7 Å². The largest absolute Gasteiger partial charge is 0.466 e. The first-order valence-corrected chi connectivity index (χ1v) is 18.2. The van der Waals surface area contributed by atoms with E-state index in [-0.39, 0.29) is 55.5 Å². The molecular weight excluding hydrogens is 591 g/mol. The van der Waals surface area contributed by atoms with Crippen molar-refractivity contribution >= 4 is 17.7 Å². The van der Waals surface area contributed by atoms with Crippen LogP contribution in [0.3, 0.4) is 0 Å². The molecule has 0 radical (unpaired) electrons. The summed E-state index contributed by atoms with van der Waals surface area (Å²) in [7, 11) is 0. The molecule has 0 spiro atoms. The Morgan fingerprint density at radius 3 is 2.70 bits per heavy atom. The van der Waals surface area contributed by atoms with Crippen LogP contribution in [-0.4, -0.2) is 117 Å². The smallest absolute Gasteiger partial charge is 0.307 e. The fraction of sp³-hybridized carbons (Fsp3) is 0.857. The number of amides is 1. The van der Waals surface area contributed by atoms with Crippen LogP contribution >= 0.6 is 0 Å². The molecule has 0 aromatic heterocycles. The number of carbonyl (C=O) groups is 3. The third kappa shape index (κ3) is 6.38. The second kappa shape index (κ2) is 14.2. The van der Waals surface area contributed by atoms with E-state index >= 15 is 4.39 Å². The monoisotopic (exact) mass is 644 g/mol. The Balaban J connectivity index is 1.11. The van der Waals surface area contributed by atoms with Crippen LogP contribution in [0.5, 0.6) is 0 Å². The summed E-state index contributed by atoms with van der Waals surface area (Å²) in [5.74, 6) is 0.997. The van der Waals surface area contributed by atoms with Crippen LogP contribution in [0, 0.1) is 29.6 Å². The molecule has 3 aliphatic heterocycles. The van der Waals surface area contributed by atoms with Gasteiger partial charge in [0.1, 0.15) is 6.17 Å². The van der Waals surface area contributed by atoms with Gasteiger partial charge in [0.25, 0.3) is 5.91 Å². The van der Waals surface area contributed by atoms with E-state index in [1.807, 2.05) is 0 Å². The van der Waals surface area contributed by atoms with Crippen molar-refractivity contribution < 1.29 is 33.0 Å². The number of rotatable bonds is 10. The van der Waals surface area contributed by atoms with E-state index in [1.54, 1.807) is 13.1 Å². The molecule has 0 aromatic rings. The molecule has 1 amide bonds. The molecule has 11 heteroatoms. The van der Waals surface area contributed by atoms with Crippen LogP contribution in [0.4, 0.5) is 4.39 Å². The summed E-state index contributed by atoms with van der Waals surface area (Å²) in [5.41, 5.74) is 0.0812. The lowest BCUT2D eigenvalue weighted by molar-refractivity contribution is -0.206. The summed E-state index contributed by atoms with van der Waals surface area (Å²) >= 11 is 0. The third-order valence-electron chi connectivity index (χ3n) is 12.4. The van der Waals surface area contributed by atoms with Crippen molar-refractivity contribution in [2.75, 3.05) is 52.5 Å². The molecule has 0 aromatic carbocycles. The van der Waals surface area contributed by atoms with Gasteiger partial charge in [0, 0.05) is 31.8 Å². The summed E-state index contributed by atoms with van der Waals surface area (Å²) in [6, 6.07) is -0.729. The fourth-order valence-corrected chi connectivity index (χ4v) is 10.4. The van der Waals surface area contributed by atoms with Crippen molar-refractivity contribution in [2.24, 2.45) is 29.6 Å². The molecule has 7 aliphatic rings. The first-order valence-electron chi connectivity index (χ1n) is 18.2. The van der Waals surface area contributed by atoms with Gasteiger partial charge >= 0.3 is 5.97 Å². The molecule has 0 bridgehead atoms. The Morgan fingerprint density at radius 1 is 1.04 bits per heavy atom. The molecule has 256 valence electrons. The maximum atomic E-state index is 16.2. The molecule has 46 heavy (non-hydrogen) atoms. The predicted octanol–water partition coefficient (Wildman–Crippen LogP) is 2.60. The number of ketones is 1. The number of fused-ring (bicyclic) bond motifs is 5. The Hall–Kier alpha value is -2.08. The van der Waals surface area contributed by atoms with Gasteiger partial charge in [0.15, 0.2) is 5.78 Å². The topological polar surface area (TPSA) is 109 Å². The van der Waals surface area contributed by atoms with Crippen molar-refractivity contribution in [3.63, 3.8) is 0 Å². The molecule has 11 atom stereocenters. The summed E-state index contributed by atoms with van der Waals surface area (Å²) < 4.78 is 33.6. The van der Waals surface area contributed by atoms with Crippen LogP contribution < -0.4 is 10.6 Å². The summed E-state index contributed by atoms with van der Waals surface area (Å²) in [4.78, 5) is 43.9. The fourth-order valence-electron chi connectivity index (χ4n) is 10.4. The zero-order valence-corrected chi connectivity index (χ0v) is 27.4. The first-order chi connectivity index (χ1) is 22.4. The zero-order valence-electron chi connectivity index (χ0n) is 27.4. The number of hydrogen-bond donors (Lipinski definition) is 2. The minimum Gasteiger partial charge on any atom is -0.466 e. The number of morpholine rings is 2. The molecule has 7 rings (SSSR count). The minimum atomic E-state index is -1.26. The van der Waals surface area contributed by atoms with E-state index in [0.717, 1.165) is 63.9 Å². The number of halogens is 1. The highest BCUT2D eigenvalue weighted by atomic mass is 19.1. The quantitative estimate of drug-likeness (QED) is 0.211. The summed E-state index contributed by atoms with van der Waals surface area (Å²) in [6.45, 7) is 7.10. The maximum absolute atomic E-state index is 16.2. The highest BCUT2D eigenvalue weighted by molar-refractivity contribution is 6.20. The number of nitrogens with one attached hydrogen (secondary N) is 2. The average Bonchev–Trinajstić information content (AvgIpc) is 3.42. The number of hydrogen-bond acceptors (Lipinski definition) is 9. The van der Waals surface area contributed by atoms with Gasteiger partial charge in [-0.15, -0.1) is 0 Å². The Kier molecular flexibility index (Phi) is 10.0. The average molecular weight is 645 g/mol. The minimum absolute atomic E-state index is 0.0362. The van der Waals surface area contributed by atoms with Crippen molar-refractivity contribution in [3.05, 3.63) is 11.8 Å². The van der Waals surface area contributed by atoms with Gasteiger partial charge in [-0.05, 0) is 82.2 Å². The van der Waals surface area contributed by atoms with Crippen molar-refractivity contribution in [1.29, 1.82) is 0 Å². The number of ether oxygens (including phenoxy) is 3. The molecule has 2 saturated heterocycles. The molecule has 10 nitrogen and oxygen atoms in total. The lowest BCUT2D eigenvalue weighted by Crippen LogP contribution is -2.73. The Labute approximate surface area is 272 Å². The van der Waals surface area contributed by atoms with Gasteiger partial charge in [-0.3, -0.25) is 19.3 Å². The van der Waals surface area contributed by atoms with Crippen molar-refractivity contribution in [2.45, 2.75) is 108 Å². The molecular formula is C35H53FN4O6. The molecule has 2 N–H and O–H groups in total. The van der Waals surface area contributed by atoms with E-state index in [9.17, 15) is 14.4 Å². The lowest BCUT2D eigenvalue weighted by Gasteiger charge is -2.60. The standard InChI is InChI=1S/C35H53FN4O6/c1-2-45-30(41)8-10-38-35(43)26-20-40-28-19-24-22(16-21-6-3-4-7-23(21)24)17-29(28)46-34-31(27(36)18-25(32(34)40)33(26)42)37-9-5-11-39-12-14-44-15-13-39/h20-25,27-29,31-32,34,37H,2-19H2,1H3,(H,38,43). The van der Waals surface area contributed by atoms with Crippen LogP contribution in [-0.2, 0) is 28.6 Å². The van der Waals surface area contributed by atoms with E-state index < -0.39 is 36.1 Å². The van der Waals surface area contributed by atoms with Gasteiger partial charge in [-0.1, -0.05) is 19.3 Å². The second-order valence-electron chi connectivity index (χ2n) is 14.8.